The monoisotopic (exact) mass is 570 g/mol. The summed E-state index contributed by atoms with van der Waals surface area (Å²) in [4.78, 5) is 38.6. The number of nitro benzene ring substituents is 1. The van der Waals surface area contributed by atoms with Gasteiger partial charge in [0, 0.05) is 62.4 Å². The van der Waals surface area contributed by atoms with Crippen molar-refractivity contribution < 1.29 is 19.2 Å². The first kappa shape index (κ1) is 30.5. The van der Waals surface area contributed by atoms with Gasteiger partial charge in [0.1, 0.15) is 0 Å². The van der Waals surface area contributed by atoms with Crippen LogP contribution in [-0.4, -0.2) is 49.6 Å². The topological polar surface area (TPSA) is 114 Å². The van der Waals surface area contributed by atoms with Gasteiger partial charge in [-0.1, -0.05) is 30.3 Å². The van der Waals surface area contributed by atoms with Crippen molar-refractivity contribution in [3.05, 3.63) is 106 Å². The molecule has 1 fully saturated rings. The molecule has 1 aliphatic heterocycles. The summed E-state index contributed by atoms with van der Waals surface area (Å²) < 4.78 is 5.38. The highest BCUT2D eigenvalue weighted by atomic mass is 16.6. The first-order valence-corrected chi connectivity index (χ1v) is 14.5. The van der Waals surface area contributed by atoms with Gasteiger partial charge in [0.05, 0.1) is 10.5 Å². The molecule has 0 bridgehead atoms. The van der Waals surface area contributed by atoms with Crippen molar-refractivity contribution in [2.24, 2.45) is 5.92 Å². The highest BCUT2D eigenvalue weighted by molar-refractivity contribution is 6.05. The standard InChI is InChI=1S/C33H38N4O5/c1-2-42-22-6-19-34-33(39)30-24-28(35-32(38)16-11-25-9-13-29(14-10-25)37(40)41)12-15-31(30)36-20-17-27(18-21-36)23-26-7-4-3-5-8-26/h3-5,7-16,24,27H,2,6,17-23H2,1H3,(H,34,39)(H,35,38). The fourth-order valence-electron chi connectivity index (χ4n) is 5.08. The van der Waals surface area contributed by atoms with Gasteiger partial charge in [0.2, 0.25) is 5.91 Å². The molecule has 1 aliphatic rings. The van der Waals surface area contributed by atoms with Crippen molar-refractivity contribution >= 4 is 35.0 Å². The molecular formula is C33H38N4O5. The molecule has 9 nitrogen and oxygen atoms in total. The highest BCUT2D eigenvalue weighted by Gasteiger charge is 2.24. The van der Waals surface area contributed by atoms with Crippen LogP contribution in [0.15, 0.2) is 78.9 Å². The zero-order valence-corrected chi connectivity index (χ0v) is 24.0. The van der Waals surface area contributed by atoms with Crippen molar-refractivity contribution in [2.45, 2.75) is 32.6 Å². The summed E-state index contributed by atoms with van der Waals surface area (Å²) in [5, 5.41) is 16.7. The minimum atomic E-state index is -0.469. The summed E-state index contributed by atoms with van der Waals surface area (Å²) in [5.41, 5.74) is 3.89. The van der Waals surface area contributed by atoms with Gasteiger partial charge in [-0.2, -0.15) is 0 Å². The predicted octanol–water partition coefficient (Wildman–Crippen LogP) is 5.86. The average Bonchev–Trinajstić information content (AvgIpc) is 3.01. The number of anilines is 2. The second-order valence-corrected chi connectivity index (χ2v) is 10.3. The molecule has 0 spiro atoms. The molecule has 0 atom stereocenters. The molecule has 0 saturated carbocycles. The molecule has 0 radical (unpaired) electrons. The van der Waals surface area contributed by atoms with E-state index in [-0.39, 0.29) is 17.5 Å². The molecule has 2 N–H and O–H groups in total. The molecule has 3 aromatic carbocycles. The second kappa shape index (κ2) is 15.5. The number of hydrogen-bond donors (Lipinski definition) is 2. The third-order valence-corrected chi connectivity index (χ3v) is 7.32. The Morgan fingerprint density at radius 3 is 2.48 bits per heavy atom. The van der Waals surface area contributed by atoms with Gasteiger partial charge >= 0.3 is 0 Å². The number of benzene rings is 3. The summed E-state index contributed by atoms with van der Waals surface area (Å²) in [6, 6.07) is 21.9. The Bertz CT molecular complexity index is 1370. The molecular weight excluding hydrogens is 532 g/mol. The van der Waals surface area contributed by atoms with Crippen molar-refractivity contribution in [1.29, 1.82) is 0 Å². The summed E-state index contributed by atoms with van der Waals surface area (Å²) in [5.74, 6) is 0.0388. The van der Waals surface area contributed by atoms with E-state index in [0.29, 0.717) is 48.9 Å². The molecule has 3 aromatic rings. The highest BCUT2D eigenvalue weighted by Crippen LogP contribution is 2.30. The fraction of sp³-hybridized carbons (Fsp3) is 0.333. The Morgan fingerprint density at radius 2 is 1.79 bits per heavy atom. The van der Waals surface area contributed by atoms with E-state index in [4.69, 9.17) is 4.74 Å². The molecule has 4 rings (SSSR count). The van der Waals surface area contributed by atoms with Crippen molar-refractivity contribution in [3.8, 4) is 0 Å². The maximum Gasteiger partial charge on any atom is 0.269 e. The number of rotatable bonds is 13. The largest absolute Gasteiger partial charge is 0.382 e. The molecule has 42 heavy (non-hydrogen) atoms. The zero-order valence-electron chi connectivity index (χ0n) is 24.0. The van der Waals surface area contributed by atoms with Gasteiger partial charge in [-0.25, -0.2) is 0 Å². The number of hydrogen-bond acceptors (Lipinski definition) is 6. The molecule has 2 amide bonds. The molecule has 9 heteroatoms. The van der Waals surface area contributed by atoms with Crippen LogP contribution in [0.4, 0.5) is 17.1 Å². The Balaban J connectivity index is 1.43. The summed E-state index contributed by atoms with van der Waals surface area (Å²) in [7, 11) is 0. The van der Waals surface area contributed by atoms with Crippen LogP contribution in [-0.2, 0) is 16.0 Å². The molecule has 0 aromatic heterocycles. The van der Waals surface area contributed by atoms with Crippen LogP contribution in [0.1, 0.15) is 47.7 Å². The normalized spacial score (nSPS) is 13.7. The first-order valence-electron chi connectivity index (χ1n) is 14.5. The molecule has 0 unspecified atom stereocenters. The smallest absolute Gasteiger partial charge is 0.269 e. The number of amides is 2. The van der Waals surface area contributed by atoms with E-state index in [1.165, 1.54) is 23.8 Å². The van der Waals surface area contributed by atoms with Gasteiger partial charge in [0.25, 0.3) is 11.6 Å². The van der Waals surface area contributed by atoms with Gasteiger partial charge in [0.15, 0.2) is 0 Å². The lowest BCUT2D eigenvalue weighted by Gasteiger charge is -2.35. The molecule has 1 saturated heterocycles. The zero-order chi connectivity index (χ0) is 29.7. The quantitative estimate of drug-likeness (QED) is 0.115. The lowest BCUT2D eigenvalue weighted by Crippen LogP contribution is -2.36. The maximum atomic E-state index is 13.3. The van der Waals surface area contributed by atoms with E-state index in [1.807, 2.05) is 25.1 Å². The molecule has 1 heterocycles. The summed E-state index contributed by atoms with van der Waals surface area (Å²) in [6.45, 7) is 5.35. The number of carbonyl (C=O) groups is 2. The van der Waals surface area contributed by atoms with E-state index in [2.05, 4.69) is 39.8 Å². The van der Waals surface area contributed by atoms with Gasteiger partial charge in [-0.05, 0) is 86.1 Å². The van der Waals surface area contributed by atoms with Gasteiger partial charge in [-0.15, -0.1) is 0 Å². The lowest BCUT2D eigenvalue weighted by atomic mass is 9.89. The minimum Gasteiger partial charge on any atom is -0.382 e. The second-order valence-electron chi connectivity index (χ2n) is 10.3. The van der Waals surface area contributed by atoms with E-state index in [9.17, 15) is 19.7 Å². The minimum absolute atomic E-state index is 0.0131. The van der Waals surface area contributed by atoms with Crippen molar-refractivity contribution in [2.75, 3.05) is 43.1 Å². The number of nitrogens with one attached hydrogen (secondary N) is 2. The van der Waals surface area contributed by atoms with Crippen LogP contribution in [0.5, 0.6) is 0 Å². The lowest BCUT2D eigenvalue weighted by molar-refractivity contribution is -0.384. The summed E-state index contributed by atoms with van der Waals surface area (Å²) in [6.07, 6.45) is 6.79. The Hall–Kier alpha value is -4.50. The average molecular weight is 571 g/mol. The number of nitro groups is 1. The van der Waals surface area contributed by atoms with Crippen LogP contribution < -0.4 is 15.5 Å². The van der Waals surface area contributed by atoms with Crippen LogP contribution >= 0.6 is 0 Å². The summed E-state index contributed by atoms with van der Waals surface area (Å²) >= 11 is 0. The van der Waals surface area contributed by atoms with Crippen molar-refractivity contribution in [1.82, 2.24) is 5.32 Å². The SMILES string of the molecule is CCOCCCNC(=O)c1cc(NC(=O)C=Cc2ccc([N+](=O)[O-])cc2)ccc1N1CCC(Cc2ccccc2)CC1. The first-order chi connectivity index (χ1) is 20.4. The molecule has 220 valence electrons. The number of carbonyl (C=O) groups excluding carboxylic acids is 2. The number of piperidine rings is 1. The van der Waals surface area contributed by atoms with Crippen LogP contribution in [0.3, 0.4) is 0 Å². The predicted molar refractivity (Wildman–Crippen MR) is 166 cm³/mol. The maximum absolute atomic E-state index is 13.3. The number of non-ortho nitro benzene ring substituents is 1. The molecule has 0 aliphatic carbocycles. The third kappa shape index (κ3) is 9.01. The number of nitrogens with zero attached hydrogens (tertiary/aromatic N) is 2. The Kier molecular flexibility index (Phi) is 11.2. The Morgan fingerprint density at radius 1 is 1.05 bits per heavy atom. The van der Waals surface area contributed by atoms with E-state index in [1.54, 1.807) is 24.3 Å². The number of ether oxygens (including phenoxy) is 1. The van der Waals surface area contributed by atoms with E-state index < -0.39 is 4.92 Å². The van der Waals surface area contributed by atoms with Crippen LogP contribution in [0.2, 0.25) is 0 Å². The third-order valence-electron chi connectivity index (χ3n) is 7.32. The van der Waals surface area contributed by atoms with E-state index in [0.717, 1.165) is 38.0 Å². The van der Waals surface area contributed by atoms with Crippen LogP contribution in [0.25, 0.3) is 6.08 Å². The van der Waals surface area contributed by atoms with Gasteiger partial charge in [-0.3, -0.25) is 19.7 Å². The van der Waals surface area contributed by atoms with E-state index >= 15 is 0 Å². The van der Waals surface area contributed by atoms with Crippen LogP contribution in [0, 0.1) is 16.0 Å². The van der Waals surface area contributed by atoms with Crippen molar-refractivity contribution in [3.63, 3.8) is 0 Å². The fourth-order valence-corrected chi connectivity index (χ4v) is 5.08. The Labute approximate surface area is 246 Å². The van der Waals surface area contributed by atoms with Gasteiger partial charge < -0.3 is 20.3 Å².